The maximum atomic E-state index is 11.4. The van der Waals surface area contributed by atoms with Crippen LogP contribution in [0.3, 0.4) is 0 Å². The standard InChI is InChI=1S/C17H33NO4.Na.H/c1-2-3-4-5-6-7-8-9-10-11-14-22-16(19)13-12-15(18)17(20)21;;/h15H,2-14,18H2,1H3,(H,20,21);;/t15-;;/m0../s1. The molecule has 0 aromatic rings. The molecule has 0 bridgehead atoms. The number of ether oxygens (including phenoxy) is 1. The topological polar surface area (TPSA) is 89.6 Å². The first kappa shape index (κ1) is 25.1. The molecule has 3 N–H and O–H groups in total. The molecular formula is C17H34NNaO4. The van der Waals surface area contributed by atoms with E-state index in [2.05, 4.69) is 6.92 Å². The first-order valence-electron chi connectivity index (χ1n) is 8.72. The summed E-state index contributed by atoms with van der Waals surface area (Å²) in [4.78, 5) is 21.9. The normalized spacial score (nSPS) is 11.6. The second-order valence-corrected chi connectivity index (χ2v) is 5.89. The third-order valence-electron chi connectivity index (χ3n) is 3.74. The van der Waals surface area contributed by atoms with Gasteiger partial charge in [-0.15, -0.1) is 0 Å². The van der Waals surface area contributed by atoms with Crippen LogP contribution in [0.4, 0.5) is 0 Å². The van der Waals surface area contributed by atoms with Gasteiger partial charge in [-0.1, -0.05) is 64.7 Å². The number of carbonyl (C=O) groups is 2. The molecule has 6 heteroatoms. The summed E-state index contributed by atoms with van der Waals surface area (Å²) in [6.45, 7) is 2.66. The van der Waals surface area contributed by atoms with Gasteiger partial charge in [-0.25, -0.2) is 0 Å². The van der Waals surface area contributed by atoms with Crippen molar-refractivity contribution in [3.63, 3.8) is 0 Å². The summed E-state index contributed by atoms with van der Waals surface area (Å²) < 4.78 is 5.06. The fourth-order valence-corrected chi connectivity index (χ4v) is 2.24. The summed E-state index contributed by atoms with van der Waals surface area (Å²) in [6.07, 6.45) is 12.6. The molecule has 132 valence electrons. The summed E-state index contributed by atoms with van der Waals surface area (Å²) in [6, 6.07) is -0.982. The van der Waals surface area contributed by atoms with Gasteiger partial charge >= 0.3 is 41.5 Å². The average Bonchev–Trinajstić information content (AvgIpc) is 2.50. The van der Waals surface area contributed by atoms with Crippen molar-refractivity contribution < 1.29 is 19.4 Å². The maximum absolute atomic E-state index is 11.4. The molecule has 0 unspecified atom stereocenters. The van der Waals surface area contributed by atoms with Crippen molar-refractivity contribution in [1.29, 1.82) is 0 Å². The first-order valence-corrected chi connectivity index (χ1v) is 8.72. The van der Waals surface area contributed by atoms with Gasteiger partial charge in [0.05, 0.1) is 6.61 Å². The van der Waals surface area contributed by atoms with E-state index < -0.39 is 12.0 Å². The summed E-state index contributed by atoms with van der Waals surface area (Å²) >= 11 is 0. The average molecular weight is 339 g/mol. The van der Waals surface area contributed by atoms with E-state index in [1.54, 1.807) is 0 Å². The molecule has 0 aromatic heterocycles. The van der Waals surface area contributed by atoms with Crippen molar-refractivity contribution in [1.82, 2.24) is 0 Å². The van der Waals surface area contributed by atoms with E-state index in [9.17, 15) is 9.59 Å². The quantitative estimate of drug-likeness (QED) is 0.272. The Balaban J connectivity index is 0. The van der Waals surface area contributed by atoms with Gasteiger partial charge in [0.25, 0.3) is 0 Å². The molecule has 0 spiro atoms. The third-order valence-corrected chi connectivity index (χ3v) is 3.74. The Hall–Kier alpha value is -0.100. The summed E-state index contributed by atoms with van der Waals surface area (Å²) in [7, 11) is 0. The molecule has 0 aliphatic rings. The van der Waals surface area contributed by atoms with E-state index in [0.29, 0.717) is 6.61 Å². The van der Waals surface area contributed by atoms with E-state index in [1.165, 1.54) is 51.4 Å². The molecular weight excluding hydrogens is 305 g/mol. The van der Waals surface area contributed by atoms with Crippen LogP contribution in [0.1, 0.15) is 84.0 Å². The molecule has 0 aliphatic carbocycles. The summed E-state index contributed by atoms with van der Waals surface area (Å²) in [5, 5.41) is 8.59. The molecule has 0 amide bonds. The molecule has 0 radical (unpaired) electrons. The zero-order valence-electron chi connectivity index (χ0n) is 14.0. The zero-order chi connectivity index (χ0) is 16.6. The number of carboxylic acids is 1. The van der Waals surface area contributed by atoms with Gasteiger partial charge < -0.3 is 15.6 Å². The number of carbonyl (C=O) groups excluding carboxylic acids is 1. The van der Waals surface area contributed by atoms with Crippen LogP contribution in [-0.4, -0.2) is 59.3 Å². The molecule has 0 rings (SSSR count). The van der Waals surface area contributed by atoms with Gasteiger partial charge in [0.2, 0.25) is 0 Å². The number of esters is 1. The van der Waals surface area contributed by atoms with Crippen molar-refractivity contribution in [2.24, 2.45) is 5.73 Å². The van der Waals surface area contributed by atoms with E-state index in [4.69, 9.17) is 15.6 Å². The van der Waals surface area contributed by atoms with Crippen LogP contribution >= 0.6 is 0 Å². The van der Waals surface area contributed by atoms with Crippen molar-refractivity contribution in [3.8, 4) is 0 Å². The van der Waals surface area contributed by atoms with E-state index in [-0.39, 0.29) is 48.4 Å². The Morgan fingerprint density at radius 3 is 1.91 bits per heavy atom. The Kier molecular flexibility index (Phi) is 19.9. The van der Waals surface area contributed by atoms with Crippen LogP contribution < -0.4 is 5.73 Å². The van der Waals surface area contributed by atoms with Crippen LogP contribution in [0.25, 0.3) is 0 Å². The number of rotatable bonds is 15. The predicted molar refractivity (Wildman–Crippen MR) is 94.8 cm³/mol. The number of nitrogens with two attached hydrogens (primary N) is 1. The Morgan fingerprint density at radius 2 is 1.43 bits per heavy atom. The summed E-state index contributed by atoms with van der Waals surface area (Å²) in [5.41, 5.74) is 5.32. The number of unbranched alkanes of at least 4 members (excludes halogenated alkanes) is 9. The molecule has 0 saturated carbocycles. The number of aliphatic carboxylic acids is 1. The van der Waals surface area contributed by atoms with Gasteiger partial charge in [0, 0.05) is 6.42 Å². The van der Waals surface area contributed by atoms with Gasteiger partial charge in [0.15, 0.2) is 0 Å². The molecule has 5 nitrogen and oxygen atoms in total. The number of hydrogen-bond donors (Lipinski definition) is 2. The Bertz CT molecular complexity index is 300. The summed E-state index contributed by atoms with van der Waals surface area (Å²) in [5.74, 6) is -1.44. The predicted octanol–water partition coefficient (Wildman–Crippen LogP) is 2.99. The molecule has 0 fully saturated rings. The zero-order valence-corrected chi connectivity index (χ0v) is 14.0. The van der Waals surface area contributed by atoms with Crippen LogP contribution in [0, 0.1) is 0 Å². The molecule has 0 heterocycles. The van der Waals surface area contributed by atoms with Gasteiger partial charge in [0.1, 0.15) is 6.04 Å². The van der Waals surface area contributed by atoms with E-state index in [0.717, 1.165) is 12.8 Å². The van der Waals surface area contributed by atoms with Gasteiger partial charge in [-0.05, 0) is 12.8 Å². The number of carboxylic acid groups (broad SMARTS) is 1. The van der Waals surface area contributed by atoms with E-state index in [1.807, 2.05) is 0 Å². The fourth-order valence-electron chi connectivity index (χ4n) is 2.24. The number of hydrogen-bond acceptors (Lipinski definition) is 4. The van der Waals surface area contributed by atoms with Gasteiger partial charge in [-0.3, -0.25) is 9.59 Å². The minimum atomic E-state index is -1.08. The van der Waals surface area contributed by atoms with E-state index >= 15 is 0 Å². The molecule has 0 aliphatic heterocycles. The van der Waals surface area contributed by atoms with Gasteiger partial charge in [-0.2, -0.15) is 0 Å². The molecule has 23 heavy (non-hydrogen) atoms. The van der Waals surface area contributed by atoms with Crippen LogP contribution in [-0.2, 0) is 14.3 Å². The van der Waals surface area contributed by atoms with Crippen molar-refractivity contribution in [2.45, 2.75) is 90.0 Å². The second kappa shape index (κ2) is 18.2. The first-order chi connectivity index (χ1) is 10.6. The molecule has 0 saturated heterocycles. The van der Waals surface area contributed by atoms with Crippen molar-refractivity contribution >= 4 is 41.5 Å². The van der Waals surface area contributed by atoms with Crippen LogP contribution in [0.2, 0.25) is 0 Å². The van der Waals surface area contributed by atoms with Crippen LogP contribution in [0.5, 0.6) is 0 Å². The van der Waals surface area contributed by atoms with Crippen LogP contribution in [0.15, 0.2) is 0 Å². The third kappa shape index (κ3) is 18.1. The fraction of sp³-hybridized carbons (Fsp3) is 0.882. The SMILES string of the molecule is CCCCCCCCCCCCOC(=O)CC[C@H](N)C(=O)O.[NaH]. The second-order valence-electron chi connectivity index (χ2n) is 5.89. The van der Waals surface area contributed by atoms with Crippen molar-refractivity contribution in [2.75, 3.05) is 6.61 Å². The Morgan fingerprint density at radius 1 is 0.957 bits per heavy atom. The molecule has 1 atom stereocenters. The minimum absolute atomic E-state index is 0. The van der Waals surface area contributed by atoms with Crippen molar-refractivity contribution in [3.05, 3.63) is 0 Å². The Labute approximate surface area is 163 Å². The monoisotopic (exact) mass is 339 g/mol. The molecule has 0 aromatic carbocycles.